The van der Waals surface area contributed by atoms with E-state index in [-0.39, 0.29) is 0 Å². The molecule has 0 spiro atoms. The summed E-state index contributed by atoms with van der Waals surface area (Å²) < 4.78 is 15.9. The first-order valence-electron chi connectivity index (χ1n) is 11.2. The maximum absolute atomic E-state index is 5.50. The second-order valence-corrected chi connectivity index (χ2v) is 9.02. The summed E-state index contributed by atoms with van der Waals surface area (Å²) >= 11 is 1.69. The molecule has 1 saturated heterocycles. The van der Waals surface area contributed by atoms with Crippen molar-refractivity contribution in [2.24, 2.45) is 0 Å². The lowest BCUT2D eigenvalue weighted by Gasteiger charge is -2.33. The van der Waals surface area contributed by atoms with Gasteiger partial charge in [0.2, 0.25) is 11.7 Å². The number of hydrogen-bond donors (Lipinski definition) is 0. The van der Waals surface area contributed by atoms with Crippen LogP contribution < -0.4 is 9.47 Å². The number of piperazine rings is 1. The molecule has 1 aliphatic rings. The quantitative estimate of drug-likeness (QED) is 0.374. The summed E-state index contributed by atoms with van der Waals surface area (Å²) in [6, 6.07) is 15.7. The highest BCUT2D eigenvalue weighted by molar-refractivity contribution is 7.13. The molecule has 0 unspecified atom stereocenters. The summed E-state index contributed by atoms with van der Waals surface area (Å²) in [5.41, 5.74) is 3.15. The SMILES string of the molecule is COc1ccc(-c2noc(CN3CCN(Cc4csc(-c5ccc(OC)cc5)n4)CC3)n2)cc1. The zero-order valence-corrected chi connectivity index (χ0v) is 20.1. The molecule has 5 rings (SSSR count). The zero-order valence-electron chi connectivity index (χ0n) is 19.3. The summed E-state index contributed by atoms with van der Waals surface area (Å²) in [5, 5.41) is 7.34. The molecule has 2 aromatic carbocycles. The molecule has 0 radical (unpaired) electrons. The maximum Gasteiger partial charge on any atom is 0.241 e. The van der Waals surface area contributed by atoms with Crippen molar-refractivity contribution < 1.29 is 14.0 Å². The second-order valence-electron chi connectivity index (χ2n) is 8.17. The second kappa shape index (κ2) is 10.3. The minimum Gasteiger partial charge on any atom is -0.497 e. The van der Waals surface area contributed by atoms with Gasteiger partial charge in [0.25, 0.3) is 0 Å². The molecule has 2 aromatic heterocycles. The predicted molar refractivity (Wildman–Crippen MR) is 131 cm³/mol. The molecular formula is C25H27N5O3S. The Balaban J connectivity index is 1.11. The number of nitrogens with zero attached hydrogens (tertiary/aromatic N) is 5. The van der Waals surface area contributed by atoms with E-state index in [0.717, 1.165) is 66.1 Å². The van der Waals surface area contributed by atoms with E-state index in [1.54, 1.807) is 25.6 Å². The van der Waals surface area contributed by atoms with Crippen molar-refractivity contribution in [2.75, 3.05) is 40.4 Å². The van der Waals surface area contributed by atoms with Crippen molar-refractivity contribution in [3.8, 4) is 33.5 Å². The fourth-order valence-corrected chi connectivity index (χ4v) is 4.77. The van der Waals surface area contributed by atoms with Gasteiger partial charge in [-0.15, -0.1) is 11.3 Å². The molecule has 9 heteroatoms. The van der Waals surface area contributed by atoms with Crippen LogP contribution in [0.2, 0.25) is 0 Å². The van der Waals surface area contributed by atoms with E-state index >= 15 is 0 Å². The van der Waals surface area contributed by atoms with Crippen molar-refractivity contribution >= 4 is 11.3 Å². The van der Waals surface area contributed by atoms with Crippen LogP contribution in [0.25, 0.3) is 22.0 Å². The van der Waals surface area contributed by atoms with Crippen LogP contribution in [0.1, 0.15) is 11.6 Å². The van der Waals surface area contributed by atoms with E-state index in [2.05, 4.69) is 37.5 Å². The third-order valence-electron chi connectivity index (χ3n) is 5.91. The number of benzene rings is 2. The molecule has 34 heavy (non-hydrogen) atoms. The summed E-state index contributed by atoms with van der Waals surface area (Å²) in [5.74, 6) is 2.91. The normalized spacial score (nSPS) is 14.9. The molecule has 1 fully saturated rings. The van der Waals surface area contributed by atoms with Crippen molar-refractivity contribution in [1.29, 1.82) is 0 Å². The Morgan fingerprint density at radius 1 is 0.794 bits per heavy atom. The molecule has 0 N–H and O–H groups in total. The topological polar surface area (TPSA) is 76.8 Å². The van der Waals surface area contributed by atoms with E-state index < -0.39 is 0 Å². The highest BCUT2D eigenvalue weighted by Crippen LogP contribution is 2.26. The minimum absolute atomic E-state index is 0.604. The van der Waals surface area contributed by atoms with Crippen LogP contribution in [-0.2, 0) is 13.1 Å². The van der Waals surface area contributed by atoms with Crippen LogP contribution >= 0.6 is 11.3 Å². The molecule has 4 aromatic rings. The molecule has 0 atom stereocenters. The van der Waals surface area contributed by atoms with Crippen LogP contribution in [0.4, 0.5) is 0 Å². The van der Waals surface area contributed by atoms with Gasteiger partial charge in [0.15, 0.2) is 0 Å². The first-order chi connectivity index (χ1) is 16.7. The molecule has 0 bridgehead atoms. The van der Waals surface area contributed by atoms with Gasteiger partial charge in [-0.25, -0.2) is 4.98 Å². The third kappa shape index (κ3) is 5.27. The van der Waals surface area contributed by atoms with E-state index in [1.165, 1.54) is 0 Å². The first-order valence-corrected chi connectivity index (χ1v) is 12.1. The Morgan fingerprint density at radius 2 is 1.38 bits per heavy atom. The summed E-state index contributed by atoms with van der Waals surface area (Å²) in [6.45, 7) is 5.40. The Bertz CT molecular complexity index is 1100. The Hall–Kier alpha value is -3.27. The van der Waals surface area contributed by atoms with Crippen molar-refractivity contribution in [3.05, 3.63) is 65.5 Å². The fourth-order valence-electron chi connectivity index (χ4n) is 3.95. The Labute approximate surface area is 202 Å². The lowest BCUT2D eigenvalue weighted by atomic mass is 10.2. The summed E-state index contributed by atoms with van der Waals surface area (Å²) in [6.07, 6.45) is 0. The minimum atomic E-state index is 0.604. The number of aromatic nitrogens is 3. The van der Waals surface area contributed by atoms with Gasteiger partial charge < -0.3 is 14.0 Å². The standard InChI is InChI=1S/C25H27N5O3S/c1-31-21-7-3-18(4-8-21)24-27-23(33-28-24)16-30-13-11-29(12-14-30)15-20-17-34-25(26-20)19-5-9-22(32-2)10-6-19/h3-10,17H,11-16H2,1-2H3. The monoisotopic (exact) mass is 477 g/mol. The van der Waals surface area contributed by atoms with Gasteiger partial charge >= 0.3 is 0 Å². The Kier molecular flexibility index (Phi) is 6.84. The molecule has 1 aliphatic heterocycles. The highest BCUT2D eigenvalue weighted by atomic mass is 32.1. The number of thiazole rings is 1. The Morgan fingerprint density at radius 3 is 2.00 bits per heavy atom. The number of ether oxygens (including phenoxy) is 2. The van der Waals surface area contributed by atoms with Crippen LogP contribution in [0, 0.1) is 0 Å². The molecular weight excluding hydrogens is 450 g/mol. The molecule has 3 heterocycles. The van der Waals surface area contributed by atoms with E-state index in [1.807, 2.05) is 36.4 Å². The summed E-state index contributed by atoms with van der Waals surface area (Å²) in [4.78, 5) is 14.2. The van der Waals surface area contributed by atoms with Crippen LogP contribution in [0.5, 0.6) is 11.5 Å². The lowest BCUT2D eigenvalue weighted by Crippen LogP contribution is -2.45. The highest BCUT2D eigenvalue weighted by Gasteiger charge is 2.20. The smallest absolute Gasteiger partial charge is 0.241 e. The average Bonchev–Trinajstić information content (AvgIpc) is 3.55. The molecule has 0 amide bonds. The largest absolute Gasteiger partial charge is 0.497 e. The van der Waals surface area contributed by atoms with Crippen molar-refractivity contribution in [3.63, 3.8) is 0 Å². The molecule has 0 saturated carbocycles. The van der Waals surface area contributed by atoms with Gasteiger partial charge in [-0.05, 0) is 48.5 Å². The van der Waals surface area contributed by atoms with Gasteiger partial charge in [0, 0.05) is 49.2 Å². The van der Waals surface area contributed by atoms with Crippen LogP contribution in [-0.4, -0.2) is 65.3 Å². The number of methoxy groups -OCH3 is 2. The van der Waals surface area contributed by atoms with Gasteiger partial charge in [-0.1, -0.05) is 5.16 Å². The van der Waals surface area contributed by atoms with Gasteiger partial charge in [-0.3, -0.25) is 9.80 Å². The van der Waals surface area contributed by atoms with Gasteiger partial charge in [-0.2, -0.15) is 4.98 Å². The maximum atomic E-state index is 5.50. The average molecular weight is 478 g/mol. The molecule has 176 valence electrons. The lowest BCUT2D eigenvalue weighted by molar-refractivity contribution is 0.111. The van der Waals surface area contributed by atoms with Crippen LogP contribution in [0.15, 0.2) is 58.4 Å². The van der Waals surface area contributed by atoms with E-state index in [9.17, 15) is 0 Å². The van der Waals surface area contributed by atoms with Gasteiger partial charge in [0.05, 0.1) is 26.5 Å². The fraction of sp³-hybridized carbons (Fsp3) is 0.320. The van der Waals surface area contributed by atoms with Crippen molar-refractivity contribution in [2.45, 2.75) is 13.1 Å². The number of rotatable bonds is 8. The first kappa shape index (κ1) is 22.5. The third-order valence-corrected chi connectivity index (χ3v) is 6.85. The van der Waals surface area contributed by atoms with E-state index in [4.69, 9.17) is 19.0 Å². The van der Waals surface area contributed by atoms with E-state index in [0.29, 0.717) is 18.3 Å². The predicted octanol–water partition coefficient (Wildman–Crippen LogP) is 4.20. The van der Waals surface area contributed by atoms with Crippen molar-refractivity contribution in [1.82, 2.24) is 24.9 Å². The number of hydrogen-bond acceptors (Lipinski definition) is 9. The zero-order chi connectivity index (χ0) is 23.3. The van der Waals surface area contributed by atoms with Crippen LogP contribution in [0.3, 0.4) is 0 Å². The molecule has 0 aliphatic carbocycles. The molecule has 8 nitrogen and oxygen atoms in total. The summed E-state index contributed by atoms with van der Waals surface area (Å²) in [7, 11) is 3.33. The van der Waals surface area contributed by atoms with Gasteiger partial charge in [0.1, 0.15) is 16.5 Å².